The Balaban J connectivity index is 1.71. The van der Waals surface area contributed by atoms with Gasteiger partial charge in [0.15, 0.2) is 0 Å². The molecule has 20 heavy (non-hydrogen) atoms. The first-order valence-electron chi connectivity index (χ1n) is 6.40. The quantitative estimate of drug-likeness (QED) is 0.793. The van der Waals surface area contributed by atoms with Crippen molar-refractivity contribution in [1.29, 1.82) is 0 Å². The lowest BCUT2D eigenvalue weighted by Gasteiger charge is -2.07. The third-order valence-electron chi connectivity index (χ3n) is 3.13. The van der Waals surface area contributed by atoms with Gasteiger partial charge in [-0.05, 0) is 35.0 Å². The van der Waals surface area contributed by atoms with E-state index in [1.54, 1.807) is 6.33 Å². The molecule has 2 heterocycles. The maximum atomic E-state index is 5.74. The van der Waals surface area contributed by atoms with Gasteiger partial charge in [0.25, 0.3) is 0 Å². The molecule has 0 saturated carbocycles. The zero-order chi connectivity index (χ0) is 13.9. The molecule has 0 aliphatic carbocycles. The van der Waals surface area contributed by atoms with E-state index >= 15 is 0 Å². The van der Waals surface area contributed by atoms with Gasteiger partial charge in [0.2, 0.25) is 0 Å². The summed E-state index contributed by atoms with van der Waals surface area (Å²) in [6.45, 7) is 2.65. The summed E-state index contributed by atoms with van der Waals surface area (Å²) in [6.07, 6.45) is 4.19. The lowest BCUT2D eigenvalue weighted by Crippen LogP contribution is -2.03. The summed E-state index contributed by atoms with van der Waals surface area (Å²) in [6, 6.07) is 8.05. The summed E-state index contributed by atoms with van der Waals surface area (Å²) in [4.78, 5) is 11.6. The Morgan fingerprint density at radius 2 is 2.00 bits per heavy atom. The van der Waals surface area contributed by atoms with Gasteiger partial charge in [0, 0.05) is 17.1 Å². The molecule has 3 aromatic rings. The molecule has 0 aliphatic heterocycles. The van der Waals surface area contributed by atoms with Crippen LogP contribution in [0.4, 0.5) is 0 Å². The maximum absolute atomic E-state index is 5.74. The van der Waals surface area contributed by atoms with Crippen molar-refractivity contribution in [1.82, 2.24) is 15.0 Å². The lowest BCUT2D eigenvalue weighted by molar-refractivity contribution is 0.321. The first-order valence-corrected chi connectivity index (χ1v) is 7.19. The molecule has 0 saturated heterocycles. The highest BCUT2D eigenvalue weighted by Crippen LogP contribution is 2.24. The minimum Gasteiger partial charge on any atom is -0.493 e. The Morgan fingerprint density at radius 1 is 1.20 bits per heavy atom. The fraction of sp³-hybridized carbons (Fsp3) is 0.200. The molecule has 1 N–H and O–H groups in total. The number of nitrogens with one attached hydrogen (secondary N) is 1. The summed E-state index contributed by atoms with van der Waals surface area (Å²) in [5.74, 6) is 0.883. The van der Waals surface area contributed by atoms with Crippen LogP contribution in [0, 0.1) is 6.92 Å². The Bertz CT molecular complexity index is 722. The number of ether oxygens (including phenoxy) is 1. The standard InChI is InChI=1S/C15H14BrN3O/c1-10-2-4-11(5-3-10)20-7-6-13-14-12(16)8-17-15(14)19-9-18-13/h2-5,8-9H,6-7H2,1H3,(H,17,18,19). The molecule has 102 valence electrons. The van der Waals surface area contributed by atoms with E-state index < -0.39 is 0 Å². The molecule has 0 bridgehead atoms. The summed E-state index contributed by atoms with van der Waals surface area (Å²) in [5.41, 5.74) is 3.05. The van der Waals surface area contributed by atoms with E-state index in [-0.39, 0.29) is 0 Å². The fourth-order valence-electron chi connectivity index (χ4n) is 2.08. The summed E-state index contributed by atoms with van der Waals surface area (Å²) in [5, 5.41) is 1.03. The fourth-order valence-corrected chi connectivity index (χ4v) is 2.61. The lowest BCUT2D eigenvalue weighted by atomic mass is 10.2. The van der Waals surface area contributed by atoms with Crippen molar-refractivity contribution >= 4 is 27.0 Å². The van der Waals surface area contributed by atoms with Crippen molar-refractivity contribution in [3.63, 3.8) is 0 Å². The number of fused-ring (bicyclic) bond motifs is 1. The molecule has 0 fully saturated rings. The van der Waals surface area contributed by atoms with Gasteiger partial charge >= 0.3 is 0 Å². The normalized spacial score (nSPS) is 10.9. The smallest absolute Gasteiger partial charge is 0.142 e. The van der Waals surface area contributed by atoms with Crippen LogP contribution >= 0.6 is 15.9 Å². The van der Waals surface area contributed by atoms with E-state index in [1.807, 2.05) is 30.5 Å². The van der Waals surface area contributed by atoms with E-state index in [2.05, 4.69) is 37.8 Å². The van der Waals surface area contributed by atoms with Crippen molar-refractivity contribution in [2.75, 3.05) is 6.61 Å². The summed E-state index contributed by atoms with van der Waals surface area (Å²) in [7, 11) is 0. The predicted molar refractivity (Wildman–Crippen MR) is 82.0 cm³/mol. The molecular formula is C15H14BrN3O. The molecule has 0 aliphatic rings. The van der Waals surface area contributed by atoms with Gasteiger partial charge < -0.3 is 9.72 Å². The number of hydrogen-bond acceptors (Lipinski definition) is 3. The van der Waals surface area contributed by atoms with E-state index in [0.29, 0.717) is 6.61 Å². The first-order chi connectivity index (χ1) is 9.74. The summed E-state index contributed by atoms with van der Waals surface area (Å²) >= 11 is 3.51. The van der Waals surface area contributed by atoms with Crippen LogP contribution < -0.4 is 4.74 Å². The number of rotatable bonds is 4. The van der Waals surface area contributed by atoms with Gasteiger partial charge in [-0.2, -0.15) is 0 Å². The first kappa shape index (κ1) is 13.1. The zero-order valence-electron chi connectivity index (χ0n) is 11.1. The minimum atomic E-state index is 0.590. The van der Waals surface area contributed by atoms with Crippen molar-refractivity contribution in [2.45, 2.75) is 13.3 Å². The van der Waals surface area contributed by atoms with Gasteiger partial charge in [-0.1, -0.05) is 17.7 Å². The molecule has 3 rings (SSSR count). The van der Waals surface area contributed by atoms with Crippen molar-refractivity contribution < 1.29 is 4.74 Å². The van der Waals surface area contributed by atoms with Crippen LogP contribution in [0.1, 0.15) is 11.3 Å². The predicted octanol–water partition coefficient (Wildman–Crippen LogP) is 3.65. The summed E-state index contributed by atoms with van der Waals surface area (Å²) < 4.78 is 6.73. The van der Waals surface area contributed by atoms with Gasteiger partial charge in [0.1, 0.15) is 17.7 Å². The maximum Gasteiger partial charge on any atom is 0.142 e. The molecule has 0 unspecified atom stereocenters. The van der Waals surface area contributed by atoms with Crippen LogP contribution in [-0.4, -0.2) is 21.6 Å². The second-order valence-electron chi connectivity index (χ2n) is 4.59. The largest absolute Gasteiger partial charge is 0.493 e. The number of aromatic amines is 1. The number of hydrogen-bond donors (Lipinski definition) is 1. The molecule has 0 atom stereocenters. The number of nitrogens with zero attached hydrogens (tertiary/aromatic N) is 2. The molecule has 4 nitrogen and oxygen atoms in total. The number of aromatic nitrogens is 3. The van der Waals surface area contributed by atoms with Crippen molar-refractivity contribution in [2.24, 2.45) is 0 Å². The van der Waals surface area contributed by atoms with Crippen molar-refractivity contribution in [3.05, 3.63) is 52.5 Å². The molecule has 5 heteroatoms. The number of halogens is 1. The van der Waals surface area contributed by atoms with Crippen LogP contribution in [0.25, 0.3) is 11.0 Å². The number of benzene rings is 1. The van der Waals surface area contributed by atoms with Crippen LogP contribution in [0.5, 0.6) is 5.75 Å². The Morgan fingerprint density at radius 3 is 2.80 bits per heavy atom. The number of aryl methyl sites for hydroxylation is 1. The average Bonchev–Trinajstić information content (AvgIpc) is 2.84. The molecule has 0 radical (unpaired) electrons. The SMILES string of the molecule is Cc1ccc(OCCc2ncnc3[nH]cc(Br)c23)cc1. The second kappa shape index (κ2) is 5.63. The third kappa shape index (κ3) is 2.67. The van der Waals surface area contributed by atoms with Crippen LogP contribution in [-0.2, 0) is 6.42 Å². The highest BCUT2D eigenvalue weighted by molar-refractivity contribution is 9.10. The van der Waals surface area contributed by atoms with E-state index in [4.69, 9.17) is 4.74 Å². The topological polar surface area (TPSA) is 50.8 Å². The van der Waals surface area contributed by atoms with Gasteiger partial charge in [-0.25, -0.2) is 9.97 Å². The second-order valence-corrected chi connectivity index (χ2v) is 5.45. The molecule has 1 aromatic carbocycles. The third-order valence-corrected chi connectivity index (χ3v) is 3.75. The molecule has 0 spiro atoms. The highest BCUT2D eigenvalue weighted by Gasteiger charge is 2.09. The Labute approximate surface area is 125 Å². The van der Waals surface area contributed by atoms with E-state index in [0.717, 1.165) is 33.4 Å². The van der Waals surface area contributed by atoms with Crippen LogP contribution in [0.2, 0.25) is 0 Å². The highest BCUT2D eigenvalue weighted by atomic mass is 79.9. The van der Waals surface area contributed by atoms with Crippen molar-refractivity contribution in [3.8, 4) is 5.75 Å². The van der Waals surface area contributed by atoms with Gasteiger partial charge in [-0.3, -0.25) is 0 Å². The number of H-pyrrole nitrogens is 1. The average molecular weight is 332 g/mol. The Kier molecular flexibility index (Phi) is 3.69. The van der Waals surface area contributed by atoms with Gasteiger partial charge in [0.05, 0.1) is 17.7 Å². The zero-order valence-corrected chi connectivity index (χ0v) is 12.6. The molecule has 2 aromatic heterocycles. The minimum absolute atomic E-state index is 0.590. The van der Waals surface area contributed by atoms with Crippen LogP contribution in [0.3, 0.4) is 0 Å². The monoisotopic (exact) mass is 331 g/mol. The molecule has 0 amide bonds. The Hall–Kier alpha value is -1.88. The van der Waals surface area contributed by atoms with E-state index in [9.17, 15) is 0 Å². The van der Waals surface area contributed by atoms with Crippen LogP contribution in [0.15, 0.2) is 41.3 Å². The van der Waals surface area contributed by atoms with E-state index in [1.165, 1.54) is 5.56 Å². The van der Waals surface area contributed by atoms with Gasteiger partial charge in [-0.15, -0.1) is 0 Å². The molecular weight excluding hydrogens is 318 g/mol.